The van der Waals surface area contributed by atoms with E-state index in [1.54, 1.807) is 37.4 Å². The zero-order valence-electron chi connectivity index (χ0n) is 16.4. The van der Waals surface area contributed by atoms with E-state index in [2.05, 4.69) is 4.90 Å². The number of benzene rings is 2. The largest absolute Gasteiger partial charge is 0.383 e. The van der Waals surface area contributed by atoms with Gasteiger partial charge in [0, 0.05) is 45.9 Å². The van der Waals surface area contributed by atoms with Crippen LogP contribution in [0.4, 0.5) is 11.4 Å². The van der Waals surface area contributed by atoms with Crippen molar-refractivity contribution >= 4 is 21.2 Å². The molecule has 3 rings (SSSR count). The maximum Gasteiger partial charge on any atom is 0.293 e. The van der Waals surface area contributed by atoms with Gasteiger partial charge >= 0.3 is 0 Å². The molecule has 2 aromatic carbocycles. The Hall–Kier alpha value is -2.49. The highest BCUT2D eigenvalue weighted by atomic mass is 32.2. The van der Waals surface area contributed by atoms with Gasteiger partial charge in [0.2, 0.25) is 0 Å². The number of nitro benzene ring substituents is 1. The van der Waals surface area contributed by atoms with Crippen LogP contribution in [0.25, 0.3) is 0 Å². The van der Waals surface area contributed by atoms with Crippen LogP contribution in [0, 0.1) is 10.1 Å². The molecule has 0 aliphatic carbocycles. The monoisotopic (exact) mass is 419 g/mol. The standard InChI is InChI=1S/C20H25N3O5S/c1-28-14-13-21-9-11-22(12-10-21)19-8-7-18(15-20(19)23(24)25)29(26,27)16-17-5-3-2-4-6-17/h2-8,15H,9-14,16H2,1H3. The molecule has 0 atom stereocenters. The fourth-order valence-corrected chi connectivity index (χ4v) is 4.78. The van der Waals surface area contributed by atoms with Gasteiger partial charge in [-0.1, -0.05) is 30.3 Å². The van der Waals surface area contributed by atoms with Crippen LogP contribution < -0.4 is 4.90 Å². The number of methoxy groups -OCH3 is 1. The van der Waals surface area contributed by atoms with Gasteiger partial charge in [0.15, 0.2) is 9.84 Å². The molecular weight excluding hydrogens is 394 g/mol. The number of piperazine rings is 1. The summed E-state index contributed by atoms with van der Waals surface area (Å²) >= 11 is 0. The number of anilines is 1. The van der Waals surface area contributed by atoms with Crippen LogP contribution in [0.2, 0.25) is 0 Å². The average Bonchev–Trinajstić information content (AvgIpc) is 2.72. The Balaban J connectivity index is 1.80. The topological polar surface area (TPSA) is 93.0 Å². The highest BCUT2D eigenvalue weighted by Crippen LogP contribution is 2.32. The smallest absolute Gasteiger partial charge is 0.293 e. The highest BCUT2D eigenvalue weighted by molar-refractivity contribution is 7.90. The second kappa shape index (κ2) is 9.34. The molecule has 1 aliphatic heterocycles. The van der Waals surface area contributed by atoms with E-state index in [1.165, 1.54) is 12.1 Å². The summed E-state index contributed by atoms with van der Waals surface area (Å²) in [5, 5.41) is 11.7. The van der Waals surface area contributed by atoms with Gasteiger partial charge in [-0.15, -0.1) is 0 Å². The molecule has 0 radical (unpaired) electrons. The fourth-order valence-electron chi connectivity index (χ4n) is 3.42. The molecule has 2 aromatic rings. The van der Waals surface area contributed by atoms with Crippen molar-refractivity contribution in [3.05, 3.63) is 64.2 Å². The van der Waals surface area contributed by atoms with E-state index in [0.29, 0.717) is 30.9 Å². The fraction of sp³-hybridized carbons (Fsp3) is 0.400. The molecule has 0 unspecified atom stereocenters. The van der Waals surface area contributed by atoms with Crippen molar-refractivity contribution < 1.29 is 18.1 Å². The highest BCUT2D eigenvalue weighted by Gasteiger charge is 2.26. The molecule has 29 heavy (non-hydrogen) atoms. The molecule has 1 saturated heterocycles. The minimum Gasteiger partial charge on any atom is -0.383 e. The summed E-state index contributed by atoms with van der Waals surface area (Å²) in [6.45, 7) is 4.29. The summed E-state index contributed by atoms with van der Waals surface area (Å²) in [6, 6.07) is 13.0. The Morgan fingerprint density at radius 1 is 1.07 bits per heavy atom. The van der Waals surface area contributed by atoms with Crippen LogP contribution in [0.1, 0.15) is 5.56 Å². The van der Waals surface area contributed by atoms with Gasteiger partial charge in [0.25, 0.3) is 5.69 Å². The van der Waals surface area contributed by atoms with Crippen LogP contribution in [-0.2, 0) is 20.3 Å². The maximum absolute atomic E-state index is 12.8. The first-order valence-electron chi connectivity index (χ1n) is 9.42. The molecule has 0 saturated carbocycles. The summed E-state index contributed by atoms with van der Waals surface area (Å²) in [6.07, 6.45) is 0. The molecule has 0 bridgehead atoms. The van der Waals surface area contributed by atoms with E-state index in [4.69, 9.17) is 4.74 Å². The van der Waals surface area contributed by atoms with E-state index in [1.807, 2.05) is 11.0 Å². The maximum atomic E-state index is 12.8. The predicted molar refractivity (Wildman–Crippen MR) is 111 cm³/mol. The molecule has 1 heterocycles. The second-order valence-electron chi connectivity index (χ2n) is 6.97. The minimum absolute atomic E-state index is 0.0319. The van der Waals surface area contributed by atoms with E-state index in [9.17, 15) is 18.5 Å². The zero-order valence-corrected chi connectivity index (χ0v) is 17.2. The Morgan fingerprint density at radius 2 is 1.76 bits per heavy atom. The van der Waals surface area contributed by atoms with Crippen molar-refractivity contribution in [2.24, 2.45) is 0 Å². The van der Waals surface area contributed by atoms with Crippen LogP contribution in [0.5, 0.6) is 0 Å². The molecule has 156 valence electrons. The minimum atomic E-state index is -3.68. The summed E-state index contributed by atoms with van der Waals surface area (Å²) in [5.41, 5.74) is 0.927. The summed E-state index contributed by atoms with van der Waals surface area (Å²) < 4.78 is 30.6. The molecule has 0 amide bonds. The molecule has 1 fully saturated rings. The van der Waals surface area contributed by atoms with E-state index in [-0.39, 0.29) is 16.3 Å². The molecule has 0 aromatic heterocycles. The third kappa shape index (κ3) is 5.31. The Bertz CT molecular complexity index is 942. The van der Waals surface area contributed by atoms with Gasteiger partial charge < -0.3 is 9.64 Å². The number of ether oxygens (including phenoxy) is 1. The normalized spacial score (nSPS) is 15.4. The van der Waals surface area contributed by atoms with Crippen LogP contribution in [-0.4, -0.2) is 64.7 Å². The van der Waals surface area contributed by atoms with Crippen LogP contribution in [0.15, 0.2) is 53.4 Å². The lowest BCUT2D eigenvalue weighted by Crippen LogP contribution is -2.47. The van der Waals surface area contributed by atoms with E-state index in [0.717, 1.165) is 19.6 Å². The van der Waals surface area contributed by atoms with Gasteiger partial charge in [-0.3, -0.25) is 15.0 Å². The molecular formula is C20H25N3O5S. The van der Waals surface area contributed by atoms with Crippen molar-refractivity contribution in [2.45, 2.75) is 10.6 Å². The summed E-state index contributed by atoms with van der Waals surface area (Å²) in [5.74, 6) is -0.192. The quantitative estimate of drug-likeness (QED) is 0.479. The van der Waals surface area contributed by atoms with Gasteiger partial charge in [-0.25, -0.2) is 8.42 Å². The van der Waals surface area contributed by atoms with Gasteiger partial charge in [0.05, 0.1) is 22.2 Å². The number of hydrogen-bond acceptors (Lipinski definition) is 7. The Kier molecular flexibility index (Phi) is 6.83. The molecule has 9 heteroatoms. The third-order valence-electron chi connectivity index (χ3n) is 5.03. The van der Waals surface area contributed by atoms with Crippen molar-refractivity contribution in [2.75, 3.05) is 51.3 Å². The number of sulfone groups is 1. The van der Waals surface area contributed by atoms with Crippen molar-refractivity contribution in [1.82, 2.24) is 4.90 Å². The first-order valence-corrected chi connectivity index (χ1v) is 11.1. The molecule has 8 nitrogen and oxygen atoms in total. The van der Waals surface area contributed by atoms with Crippen molar-refractivity contribution in [3.63, 3.8) is 0 Å². The molecule has 0 spiro atoms. The van der Waals surface area contributed by atoms with E-state index >= 15 is 0 Å². The molecule has 0 N–H and O–H groups in total. The number of nitrogens with zero attached hydrogens (tertiary/aromatic N) is 3. The summed E-state index contributed by atoms with van der Waals surface area (Å²) in [7, 11) is -2.02. The van der Waals surface area contributed by atoms with Gasteiger partial charge in [-0.2, -0.15) is 0 Å². The first kappa shape index (κ1) is 21.2. The number of nitro groups is 1. The predicted octanol–water partition coefficient (Wildman–Crippen LogP) is 2.34. The lowest BCUT2D eigenvalue weighted by atomic mass is 10.2. The zero-order chi connectivity index (χ0) is 20.9. The van der Waals surface area contributed by atoms with Crippen molar-refractivity contribution in [1.29, 1.82) is 0 Å². The lowest BCUT2D eigenvalue weighted by Gasteiger charge is -2.35. The Labute approximate surface area is 170 Å². The van der Waals surface area contributed by atoms with Gasteiger partial charge in [0.1, 0.15) is 5.69 Å². The SMILES string of the molecule is COCCN1CCN(c2ccc(S(=O)(=O)Cc3ccccc3)cc2[N+](=O)[O-])CC1. The number of hydrogen-bond donors (Lipinski definition) is 0. The second-order valence-corrected chi connectivity index (χ2v) is 8.96. The Morgan fingerprint density at radius 3 is 2.38 bits per heavy atom. The summed E-state index contributed by atoms with van der Waals surface area (Å²) in [4.78, 5) is 15.3. The van der Waals surface area contributed by atoms with Crippen LogP contribution in [0.3, 0.4) is 0 Å². The van der Waals surface area contributed by atoms with Crippen molar-refractivity contribution in [3.8, 4) is 0 Å². The number of rotatable bonds is 8. The first-order chi connectivity index (χ1) is 13.9. The average molecular weight is 420 g/mol. The van der Waals surface area contributed by atoms with Crippen LogP contribution >= 0.6 is 0 Å². The lowest BCUT2D eigenvalue weighted by molar-refractivity contribution is -0.384. The van der Waals surface area contributed by atoms with E-state index < -0.39 is 14.8 Å². The molecule has 1 aliphatic rings. The third-order valence-corrected chi connectivity index (χ3v) is 6.71. The van der Waals surface area contributed by atoms with Gasteiger partial charge in [-0.05, 0) is 17.7 Å².